The number of nitrogens with zero attached hydrogens (tertiary/aromatic N) is 4. The van der Waals surface area contributed by atoms with Crippen molar-refractivity contribution in [1.29, 1.82) is 0 Å². The van der Waals surface area contributed by atoms with Crippen LogP contribution in [0, 0.1) is 0 Å². The maximum atomic E-state index is 13.2. The Hall–Kier alpha value is -3.48. The molecule has 7 nitrogen and oxygen atoms in total. The number of carbonyl (C=O) groups excluding carboxylic acids is 1. The third kappa shape index (κ3) is 3.89. The summed E-state index contributed by atoms with van der Waals surface area (Å²) in [5.74, 6) is 0.952. The maximum absolute atomic E-state index is 13.2. The van der Waals surface area contributed by atoms with Gasteiger partial charge >= 0.3 is 0 Å². The van der Waals surface area contributed by atoms with Crippen molar-refractivity contribution in [3.8, 4) is 11.1 Å². The number of hydrogen-bond acceptors (Lipinski definition) is 6. The van der Waals surface area contributed by atoms with Crippen LogP contribution >= 0.6 is 0 Å². The second-order valence-electron chi connectivity index (χ2n) is 6.84. The second-order valence-corrected chi connectivity index (χ2v) is 6.84. The standard InChI is InChI=1S/C22H22N4O3/c1-3-20-23-21(25-29-20)19-13-18(24-28-2)14-26(19)22(27)17-11-9-16(10-12-17)15-7-5-4-6-8-15/h4-12,19H,3,13-14H2,1-2H3/b24-18+/t19-/m0/s1. The van der Waals surface area contributed by atoms with Gasteiger partial charge in [-0.25, -0.2) is 0 Å². The number of rotatable bonds is 5. The number of hydrogen-bond donors (Lipinski definition) is 0. The Balaban J connectivity index is 1.60. The molecule has 0 N–H and O–H groups in total. The minimum Gasteiger partial charge on any atom is -0.399 e. The summed E-state index contributed by atoms with van der Waals surface area (Å²) in [7, 11) is 1.50. The van der Waals surface area contributed by atoms with E-state index in [4.69, 9.17) is 9.36 Å². The lowest BCUT2D eigenvalue weighted by molar-refractivity contribution is 0.0732. The Morgan fingerprint density at radius 1 is 1.17 bits per heavy atom. The van der Waals surface area contributed by atoms with Crippen molar-refractivity contribution in [3.63, 3.8) is 0 Å². The van der Waals surface area contributed by atoms with E-state index in [0.717, 1.165) is 16.8 Å². The van der Waals surface area contributed by atoms with Crippen LogP contribution in [0.4, 0.5) is 0 Å². The van der Waals surface area contributed by atoms with Gasteiger partial charge in [0, 0.05) is 18.4 Å². The first kappa shape index (κ1) is 18.9. The first-order valence-electron chi connectivity index (χ1n) is 9.57. The molecular formula is C22H22N4O3. The molecule has 0 aliphatic carbocycles. The Morgan fingerprint density at radius 3 is 2.55 bits per heavy atom. The van der Waals surface area contributed by atoms with E-state index < -0.39 is 0 Å². The highest BCUT2D eigenvalue weighted by molar-refractivity contribution is 6.00. The van der Waals surface area contributed by atoms with Crippen LogP contribution in [0.5, 0.6) is 0 Å². The zero-order valence-electron chi connectivity index (χ0n) is 16.4. The Morgan fingerprint density at radius 2 is 1.90 bits per heavy atom. The lowest BCUT2D eigenvalue weighted by Crippen LogP contribution is -2.31. The van der Waals surface area contributed by atoms with Gasteiger partial charge in [-0.3, -0.25) is 4.79 Å². The van der Waals surface area contributed by atoms with Crippen LogP contribution in [0.25, 0.3) is 11.1 Å². The number of oxime groups is 1. The Kier molecular flexibility index (Phi) is 5.37. The fraction of sp³-hybridized carbons (Fsp3) is 0.273. The average Bonchev–Trinajstić information content (AvgIpc) is 3.41. The van der Waals surface area contributed by atoms with Crippen LogP contribution in [0.2, 0.25) is 0 Å². The van der Waals surface area contributed by atoms with Gasteiger partial charge in [0.15, 0.2) is 5.82 Å². The third-order valence-corrected chi connectivity index (χ3v) is 4.96. The first-order chi connectivity index (χ1) is 14.2. The largest absolute Gasteiger partial charge is 0.399 e. The number of aryl methyl sites for hydroxylation is 1. The summed E-state index contributed by atoms with van der Waals surface area (Å²) >= 11 is 0. The molecule has 0 bridgehead atoms. The van der Waals surface area contributed by atoms with E-state index in [0.29, 0.717) is 36.7 Å². The monoisotopic (exact) mass is 390 g/mol. The molecular weight excluding hydrogens is 368 g/mol. The molecule has 1 atom stereocenters. The van der Waals surface area contributed by atoms with Gasteiger partial charge < -0.3 is 14.3 Å². The highest BCUT2D eigenvalue weighted by Crippen LogP contribution is 2.31. The van der Waals surface area contributed by atoms with Crippen molar-refractivity contribution < 1.29 is 14.2 Å². The van der Waals surface area contributed by atoms with Crippen LogP contribution in [-0.4, -0.2) is 40.3 Å². The van der Waals surface area contributed by atoms with E-state index in [1.54, 1.807) is 4.90 Å². The molecule has 2 heterocycles. The molecule has 1 aliphatic heterocycles. The number of aromatic nitrogens is 2. The Bertz CT molecular complexity index is 1010. The molecule has 1 amide bonds. The number of amides is 1. The molecule has 1 fully saturated rings. The maximum Gasteiger partial charge on any atom is 0.254 e. The normalized spacial score (nSPS) is 17.7. The SMILES string of the molecule is CCc1nc([C@@H]2C/C(=N\OC)CN2C(=O)c2ccc(-c3ccccc3)cc2)no1. The van der Waals surface area contributed by atoms with Crippen molar-refractivity contribution in [3.05, 3.63) is 71.9 Å². The molecule has 1 aromatic heterocycles. The molecule has 0 radical (unpaired) electrons. The van der Waals surface area contributed by atoms with E-state index >= 15 is 0 Å². The van der Waals surface area contributed by atoms with Crippen molar-refractivity contribution in [1.82, 2.24) is 15.0 Å². The molecule has 148 valence electrons. The van der Waals surface area contributed by atoms with Gasteiger partial charge in [-0.2, -0.15) is 4.98 Å². The van der Waals surface area contributed by atoms with E-state index in [1.807, 2.05) is 61.5 Å². The summed E-state index contributed by atoms with van der Waals surface area (Å²) in [6, 6.07) is 17.4. The van der Waals surface area contributed by atoms with Gasteiger partial charge in [0.25, 0.3) is 5.91 Å². The van der Waals surface area contributed by atoms with Gasteiger partial charge in [-0.15, -0.1) is 0 Å². The molecule has 3 aromatic rings. The van der Waals surface area contributed by atoms with E-state index in [-0.39, 0.29) is 11.9 Å². The third-order valence-electron chi connectivity index (χ3n) is 4.96. The minimum atomic E-state index is -0.325. The lowest BCUT2D eigenvalue weighted by atomic mass is 10.0. The second kappa shape index (κ2) is 8.26. The van der Waals surface area contributed by atoms with Crippen molar-refractivity contribution in [2.75, 3.05) is 13.7 Å². The summed E-state index contributed by atoms with van der Waals surface area (Å²) in [5, 5.41) is 8.11. The zero-order chi connectivity index (χ0) is 20.2. The van der Waals surface area contributed by atoms with Crippen LogP contribution in [-0.2, 0) is 11.3 Å². The Labute approximate surface area is 169 Å². The number of carbonyl (C=O) groups is 1. The highest BCUT2D eigenvalue weighted by Gasteiger charge is 2.37. The summed E-state index contributed by atoms with van der Waals surface area (Å²) in [6.07, 6.45) is 1.16. The molecule has 1 aliphatic rings. The smallest absolute Gasteiger partial charge is 0.254 e. The predicted octanol–water partition coefficient (Wildman–Crippen LogP) is 3.89. The summed E-state index contributed by atoms with van der Waals surface area (Å²) in [5.41, 5.74) is 3.55. The molecule has 29 heavy (non-hydrogen) atoms. The molecule has 0 unspecified atom stereocenters. The fourth-order valence-corrected chi connectivity index (χ4v) is 3.49. The van der Waals surface area contributed by atoms with Crippen LogP contribution in [0.3, 0.4) is 0 Å². The van der Waals surface area contributed by atoms with E-state index in [9.17, 15) is 4.79 Å². The van der Waals surface area contributed by atoms with Crippen molar-refractivity contribution in [2.45, 2.75) is 25.8 Å². The molecule has 4 rings (SSSR count). The summed E-state index contributed by atoms with van der Waals surface area (Å²) in [6.45, 7) is 2.31. The van der Waals surface area contributed by atoms with Gasteiger partial charge in [-0.05, 0) is 23.3 Å². The van der Waals surface area contributed by atoms with Crippen LogP contribution < -0.4 is 0 Å². The van der Waals surface area contributed by atoms with Gasteiger partial charge in [0.1, 0.15) is 13.2 Å². The lowest BCUT2D eigenvalue weighted by Gasteiger charge is -2.21. The van der Waals surface area contributed by atoms with Gasteiger partial charge in [0.05, 0.1) is 12.3 Å². The molecule has 2 aromatic carbocycles. The van der Waals surface area contributed by atoms with Crippen molar-refractivity contribution in [2.24, 2.45) is 5.16 Å². The number of likely N-dealkylation sites (tertiary alicyclic amines) is 1. The minimum absolute atomic E-state index is 0.0984. The molecule has 0 saturated carbocycles. The predicted molar refractivity (Wildman–Crippen MR) is 108 cm³/mol. The fourth-order valence-electron chi connectivity index (χ4n) is 3.49. The van der Waals surface area contributed by atoms with Crippen LogP contribution in [0.15, 0.2) is 64.3 Å². The summed E-state index contributed by atoms with van der Waals surface area (Å²) < 4.78 is 5.25. The van der Waals surface area contributed by atoms with Gasteiger partial charge in [-0.1, -0.05) is 59.7 Å². The molecule has 1 saturated heterocycles. The molecule has 0 spiro atoms. The quantitative estimate of drug-likeness (QED) is 0.618. The van der Waals surface area contributed by atoms with Crippen LogP contribution in [0.1, 0.15) is 41.5 Å². The van der Waals surface area contributed by atoms with Crippen molar-refractivity contribution >= 4 is 11.6 Å². The van der Waals surface area contributed by atoms with Gasteiger partial charge in [0.2, 0.25) is 5.89 Å². The topological polar surface area (TPSA) is 80.8 Å². The average molecular weight is 390 g/mol. The highest BCUT2D eigenvalue weighted by atomic mass is 16.6. The number of benzene rings is 2. The van der Waals surface area contributed by atoms with E-state index in [1.165, 1.54) is 7.11 Å². The molecule has 7 heteroatoms. The first-order valence-corrected chi connectivity index (χ1v) is 9.57. The van der Waals surface area contributed by atoms with E-state index in [2.05, 4.69) is 15.3 Å². The summed E-state index contributed by atoms with van der Waals surface area (Å²) in [4.78, 5) is 24.3. The zero-order valence-corrected chi connectivity index (χ0v) is 16.4.